The van der Waals surface area contributed by atoms with Gasteiger partial charge in [-0.15, -0.1) is 0 Å². The van der Waals surface area contributed by atoms with Crippen molar-refractivity contribution in [1.82, 2.24) is 4.57 Å². The van der Waals surface area contributed by atoms with Gasteiger partial charge in [0.25, 0.3) is 0 Å². The van der Waals surface area contributed by atoms with Crippen LogP contribution in [-0.2, 0) is 5.54 Å². The van der Waals surface area contributed by atoms with E-state index in [1.165, 1.54) is 6.92 Å². The van der Waals surface area contributed by atoms with Crippen molar-refractivity contribution in [1.29, 1.82) is 0 Å². The number of hydrogen-bond donors (Lipinski definition) is 1. The van der Waals surface area contributed by atoms with Crippen LogP contribution in [0.25, 0.3) is 0 Å². The first-order valence-corrected chi connectivity index (χ1v) is 8.18. The minimum absolute atomic E-state index is 0.0127. The number of benzene rings is 1. The van der Waals surface area contributed by atoms with Crippen LogP contribution in [0.3, 0.4) is 0 Å². The van der Waals surface area contributed by atoms with Crippen LogP contribution in [0.1, 0.15) is 59.8 Å². The van der Waals surface area contributed by atoms with Gasteiger partial charge in [0.2, 0.25) is 0 Å². The van der Waals surface area contributed by atoms with Crippen LogP contribution in [0.2, 0.25) is 0 Å². The van der Waals surface area contributed by atoms with E-state index in [0.29, 0.717) is 5.56 Å². The number of nitrogens with zero attached hydrogens (tertiary/aromatic N) is 1. The molecule has 2 rings (SSSR count). The molecular formula is C20H26N2O2. The van der Waals surface area contributed by atoms with Gasteiger partial charge in [0.15, 0.2) is 11.6 Å². The first kappa shape index (κ1) is 18.0. The zero-order valence-corrected chi connectivity index (χ0v) is 15.4. The molecule has 0 saturated heterocycles. The van der Waals surface area contributed by atoms with Gasteiger partial charge < -0.3 is 9.88 Å². The van der Waals surface area contributed by atoms with E-state index in [-0.39, 0.29) is 23.7 Å². The van der Waals surface area contributed by atoms with Crippen LogP contribution in [-0.4, -0.2) is 22.7 Å². The molecule has 0 saturated carbocycles. The van der Waals surface area contributed by atoms with E-state index in [1.54, 1.807) is 12.1 Å². The van der Waals surface area contributed by atoms with Crippen LogP contribution >= 0.6 is 0 Å². The van der Waals surface area contributed by atoms with Crippen molar-refractivity contribution in [3.8, 4) is 0 Å². The fraction of sp³-hybridized carbons (Fsp3) is 0.400. The lowest BCUT2D eigenvalue weighted by atomic mass is 10.1. The van der Waals surface area contributed by atoms with Crippen molar-refractivity contribution in [2.75, 3.05) is 11.9 Å². The van der Waals surface area contributed by atoms with Gasteiger partial charge >= 0.3 is 0 Å². The molecule has 0 unspecified atom stereocenters. The predicted octanol–water partition coefficient (Wildman–Crippen LogP) is 4.36. The SMILES string of the molecule is CC(=O)c1cccc(NCC(=O)c2cc(C)n(C(C)(C)C)c2C)c1. The Labute approximate surface area is 143 Å². The average Bonchev–Trinajstić information content (AvgIpc) is 2.79. The zero-order valence-electron chi connectivity index (χ0n) is 15.4. The quantitative estimate of drug-likeness (QED) is 0.831. The Morgan fingerprint density at radius 1 is 1.12 bits per heavy atom. The fourth-order valence-corrected chi connectivity index (χ4v) is 3.20. The number of carbonyl (C=O) groups excluding carboxylic acids is 2. The van der Waals surface area contributed by atoms with Crippen molar-refractivity contribution in [3.63, 3.8) is 0 Å². The number of ketones is 2. The maximum absolute atomic E-state index is 12.6. The topological polar surface area (TPSA) is 51.1 Å². The lowest BCUT2D eigenvalue weighted by Gasteiger charge is -2.25. The first-order chi connectivity index (χ1) is 11.1. The summed E-state index contributed by atoms with van der Waals surface area (Å²) in [5.74, 6) is 0.0607. The summed E-state index contributed by atoms with van der Waals surface area (Å²) in [6.45, 7) is 12.1. The average molecular weight is 326 g/mol. The molecule has 0 radical (unpaired) electrons. The molecule has 0 aliphatic carbocycles. The molecule has 128 valence electrons. The van der Waals surface area contributed by atoms with Crippen molar-refractivity contribution < 1.29 is 9.59 Å². The molecule has 2 aromatic rings. The zero-order chi connectivity index (χ0) is 18.1. The van der Waals surface area contributed by atoms with Crippen molar-refractivity contribution in [2.24, 2.45) is 0 Å². The summed E-state index contributed by atoms with van der Waals surface area (Å²) in [5.41, 5.74) is 4.18. The van der Waals surface area contributed by atoms with Crippen LogP contribution in [0.5, 0.6) is 0 Å². The molecule has 1 aromatic heterocycles. The summed E-state index contributed by atoms with van der Waals surface area (Å²) in [6.07, 6.45) is 0. The smallest absolute Gasteiger partial charge is 0.183 e. The fourth-order valence-electron chi connectivity index (χ4n) is 3.20. The number of hydrogen-bond acceptors (Lipinski definition) is 3. The monoisotopic (exact) mass is 326 g/mol. The van der Waals surface area contributed by atoms with Crippen LogP contribution in [0, 0.1) is 13.8 Å². The van der Waals surface area contributed by atoms with E-state index in [0.717, 1.165) is 22.6 Å². The molecule has 0 amide bonds. The van der Waals surface area contributed by atoms with Gasteiger partial charge in [-0.3, -0.25) is 9.59 Å². The summed E-state index contributed by atoms with van der Waals surface area (Å²) >= 11 is 0. The van der Waals surface area contributed by atoms with Crippen LogP contribution < -0.4 is 5.32 Å². The molecule has 0 fully saturated rings. The Balaban J connectivity index is 2.17. The Bertz CT molecular complexity index is 779. The second-order valence-electron chi connectivity index (χ2n) is 7.20. The number of aryl methyl sites for hydroxylation is 1. The second kappa shape index (κ2) is 6.63. The first-order valence-electron chi connectivity index (χ1n) is 8.18. The summed E-state index contributed by atoms with van der Waals surface area (Å²) in [5, 5.41) is 3.12. The van der Waals surface area contributed by atoms with Gasteiger partial charge in [0.1, 0.15) is 0 Å². The normalized spacial score (nSPS) is 11.4. The highest BCUT2D eigenvalue weighted by atomic mass is 16.1. The Kier molecular flexibility index (Phi) is 4.97. The molecule has 24 heavy (non-hydrogen) atoms. The van der Waals surface area contributed by atoms with E-state index in [2.05, 4.69) is 30.7 Å². The Morgan fingerprint density at radius 3 is 2.33 bits per heavy atom. The van der Waals surface area contributed by atoms with Gasteiger partial charge in [-0.2, -0.15) is 0 Å². The summed E-state index contributed by atoms with van der Waals surface area (Å²) in [6, 6.07) is 9.17. The molecule has 0 bridgehead atoms. The van der Waals surface area contributed by atoms with E-state index in [4.69, 9.17) is 0 Å². The Morgan fingerprint density at radius 2 is 1.79 bits per heavy atom. The van der Waals surface area contributed by atoms with Crippen molar-refractivity contribution >= 4 is 17.3 Å². The molecule has 0 aliphatic heterocycles. The van der Waals surface area contributed by atoms with Crippen molar-refractivity contribution in [3.05, 3.63) is 52.8 Å². The van der Waals surface area contributed by atoms with E-state index >= 15 is 0 Å². The minimum atomic E-state index is -0.0596. The van der Waals surface area contributed by atoms with Gasteiger partial charge in [0.05, 0.1) is 6.54 Å². The number of rotatable bonds is 5. The number of aromatic nitrogens is 1. The van der Waals surface area contributed by atoms with E-state index < -0.39 is 0 Å². The third-order valence-electron chi connectivity index (χ3n) is 4.12. The number of carbonyl (C=O) groups is 2. The maximum atomic E-state index is 12.6. The lowest BCUT2D eigenvalue weighted by Crippen LogP contribution is -2.24. The minimum Gasteiger partial charge on any atom is -0.378 e. The molecular weight excluding hydrogens is 300 g/mol. The van der Waals surface area contributed by atoms with Gasteiger partial charge in [-0.1, -0.05) is 12.1 Å². The predicted molar refractivity (Wildman–Crippen MR) is 98.2 cm³/mol. The maximum Gasteiger partial charge on any atom is 0.183 e. The highest BCUT2D eigenvalue weighted by Gasteiger charge is 2.22. The number of nitrogens with one attached hydrogen (secondary N) is 1. The van der Waals surface area contributed by atoms with Crippen LogP contribution in [0.4, 0.5) is 5.69 Å². The van der Waals surface area contributed by atoms with Gasteiger partial charge in [0, 0.05) is 33.7 Å². The largest absolute Gasteiger partial charge is 0.378 e. The third-order valence-corrected chi connectivity index (χ3v) is 4.12. The molecule has 0 spiro atoms. The molecule has 1 aromatic carbocycles. The number of Topliss-reactive ketones (excluding diaryl/α,β-unsaturated/α-hetero) is 2. The Hall–Kier alpha value is -2.36. The van der Waals surface area contributed by atoms with Gasteiger partial charge in [-0.25, -0.2) is 0 Å². The third kappa shape index (κ3) is 3.75. The molecule has 1 N–H and O–H groups in total. The molecule has 1 heterocycles. The summed E-state index contributed by atoms with van der Waals surface area (Å²) in [7, 11) is 0. The van der Waals surface area contributed by atoms with Crippen LogP contribution in [0.15, 0.2) is 30.3 Å². The standard InChI is InChI=1S/C20H26N2O2/c1-13-10-18(14(2)22(13)20(4,5)6)19(24)12-21-17-9-7-8-16(11-17)15(3)23/h7-11,21H,12H2,1-6H3. The molecule has 4 nitrogen and oxygen atoms in total. The molecule has 0 aliphatic rings. The second-order valence-corrected chi connectivity index (χ2v) is 7.20. The highest BCUT2D eigenvalue weighted by Crippen LogP contribution is 2.24. The number of anilines is 1. The summed E-state index contributed by atoms with van der Waals surface area (Å²) in [4.78, 5) is 24.0. The molecule has 0 atom stereocenters. The van der Waals surface area contributed by atoms with E-state index in [1.807, 2.05) is 32.0 Å². The van der Waals surface area contributed by atoms with Gasteiger partial charge in [-0.05, 0) is 59.7 Å². The van der Waals surface area contributed by atoms with Crippen molar-refractivity contribution in [2.45, 2.75) is 47.1 Å². The highest BCUT2D eigenvalue weighted by molar-refractivity contribution is 6.00. The van der Waals surface area contributed by atoms with E-state index in [9.17, 15) is 9.59 Å². The summed E-state index contributed by atoms with van der Waals surface area (Å²) < 4.78 is 2.19. The molecule has 4 heteroatoms. The lowest BCUT2D eigenvalue weighted by molar-refractivity contribution is 0.100.